The van der Waals surface area contributed by atoms with Crippen LogP contribution in [0.1, 0.15) is 77.6 Å². The number of hydrogen-bond acceptors (Lipinski definition) is 4. The van der Waals surface area contributed by atoms with Gasteiger partial charge in [-0.2, -0.15) is 0 Å². The van der Waals surface area contributed by atoms with Gasteiger partial charge in [0.15, 0.2) is 0 Å². The number of aliphatic hydroxyl groups excluding tert-OH is 1. The molecule has 1 N–H and O–H groups in total. The van der Waals surface area contributed by atoms with E-state index < -0.39 is 0 Å². The van der Waals surface area contributed by atoms with Crippen molar-refractivity contribution >= 4 is 0 Å². The summed E-state index contributed by atoms with van der Waals surface area (Å²) >= 11 is 0. The van der Waals surface area contributed by atoms with Gasteiger partial charge in [0.2, 0.25) is 0 Å². The third kappa shape index (κ3) is 4.68. The van der Waals surface area contributed by atoms with Crippen molar-refractivity contribution in [2.24, 2.45) is 0 Å². The van der Waals surface area contributed by atoms with E-state index in [-0.39, 0.29) is 30.5 Å². The molecule has 3 rings (SSSR count). The lowest BCUT2D eigenvalue weighted by atomic mass is 10.0. The van der Waals surface area contributed by atoms with Gasteiger partial charge in [-0.15, -0.1) is 0 Å². The molecule has 3 heterocycles. The highest BCUT2D eigenvalue weighted by Crippen LogP contribution is 2.35. The molecular formula is C19H34O4. The molecular weight excluding hydrogens is 292 g/mol. The van der Waals surface area contributed by atoms with E-state index in [1.54, 1.807) is 0 Å². The largest absolute Gasteiger partial charge is 0.390 e. The van der Waals surface area contributed by atoms with Crippen molar-refractivity contribution in [1.29, 1.82) is 0 Å². The maximum absolute atomic E-state index is 10.3. The molecule has 0 aromatic carbocycles. The molecule has 0 amide bonds. The molecule has 3 aliphatic rings. The van der Waals surface area contributed by atoms with Crippen molar-refractivity contribution in [2.75, 3.05) is 6.61 Å². The Morgan fingerprint density at radius 3 is 2.35 bits per heavy atom. The van der Waals surface area contributed by atoms with Crippen molar-refractivity contribution in [3.63, 3.8) is 0 Å². The van der Waals surface area contributed by atoms with Crippen LogP contribution in [0.5, 0.6) is 0 Å². The molecule has 3 saturated heterocycles. The SMILES string of the molecule is CCCCCC[C@H](O)[C@H]1CC[C@@H]([C@H]2CC[C@@H]([C@H]3CCCO3)O2)O1. The van der Waals surface area contributed by atoms with E-state index in [0.29, 0.717) is 6.10 Å². The van der Waals surface area contributed by atoms with Crippen LogP contribution in [0, 0.1) is 0 Å². The van der Waals surface area contributed by atoms with Crippen LogP contribution in [-0.4, -0.2) is 48.3 Å². The van der Waals surface area contributed by atoms with Crippen LogP contribution in [0.2, 0.25) is 0 Å². The highest BCUT2D eigenvalue weighted by atomic mass is 16.6. The molecule has 0 unspecified atom stereocenters. The zero-order chi connectivity index (χ0) is 16.1. The van der Waals surface area contributed by atoms with Gasteiger partial charge in [0.25, 0.3) is 0 Å². The van der Waals surface area contributed by atoms with Crippen LogP contribution in [0.15, 0.2) is 0 Å². The summed E-state index contributed by atoms with van der Waals surface area (Å²) in [6, 6.07) is 0. The third-order valence-electron chi connectivity index (χ3n) is 5.75. The van der Waals surface area contributed by atoms with E-state index in [2.05, 4.69) is 6.92 Å². The minimum atomic E-state index is -0.299. The summed E-state index contributed by atoms with van der Waals surface area (Å²) in [5.41, 5.74) is 0. The maximum Gasteiger partial charge on any atom is 0.0842 e. The number of rotatable bonds is 8. The summed E-state index contributed by atoms with van der Waals surface area (Å²) in [6.45, 7) is 3.11. The molecule has 134 valence electrons. The van der Waals surface area contributed by atoms with Crippen LogP contribution in [-0.2, 0) is 14.2 Å². The van der Waals surface area contributed by atoms with Crippen molar-refractivity contribution in [3.8, 4) is 0 Å². The predicted octanol–water partition coefficient (Wildman–Crippen LogP) is 3.59. The highest BCUT2D eigenvalue weighted by molar-refractivity contribution is 4.90. The second kappa shape index (κ2) is 8.80. The maximum atomic E-state index is 10.3. The van der Waals surface area contributed by atoms with Crippen molar-refractivity contribution < 1.29 is 19.3 Å². The van der Waals surface area contributed by atoms with Crippen LogP contribution in [0.4, 0.5) is 0 Å². The van der Waals surface area contributed by atoms with Crippen LogP contribution in [0.3, 0.4) is 0 Å². The Kier molecular flexibility index (Phi) is 6.75. The fraction of sp³-hybridized carbons (Fsp3) is 1.00. The normalized spacial score (nSPS) is 39.1. The van der Waals surface area contributed by atoms with Crippen LogP contribution < -0.4 is 0 Å². The Morgan fingerprint density at radius 1 is 0.870 bits per heavy atom. The van der Waals surface area contributed by atoms with Crippen molar-refractivity contribution in [3.05, 3.63) is 0 Å². The first kappa shape index (κ1) is 17.7. The summed E-state index contributed by atoms with van der Waals surface area (Å²) in [5.74, 6) is 0. The van der Waals surface area contributed by atoms with Crippen molar-refractivity contribution in [2.45, 2.75) is 114 Å². The van der Waals surface area contributed by atoms with Gasteiger partial charge in [-0.05, 0) is 44.9 Å². The number of unbranched alkanes of at least 4 members (excludes halogenated alkanes) is 3. The van der Waals surface area contributed by atoms with E-state index in [1.165, 1.54) is 25.7 Å². The van der Waals surface area contributed by atoms with E-state index >= 15 is 0 Å². The molecule has 0 aliphatic carbocycles. The fourth-order valence-electron chi connectivity index (χ4n) is 4.34. The number of ether oxygens (including phenoxy) is 3. The molecule has 3 fully saturated rings. The average molecular weight is 326 g/mol. The Balaban J connectivity index is 1.37. The highest BCUT2D eigenvalue weighted by Gasteiger charge is 2.41. The first-order chi connectivity index (χ1) is 11.3. The lowest BCUT2D eigenvalue weighted by Crippen LogP contribution is -2.33. The van der Waals surface area contributed by atoms with Gasteiger partial charge >= 0.3 is 0 Å². The van der Waals surface area contributed by atoms with Gasteiger partial charge in [0, 0.05) is 6.61 Å². The summed E-state index contributed by atoms with van der Waals surface area (Å²) in [5, 5.41) is 10.3. The first-order valence-corrected chi connectivity index (χ1v) is 9.88. The molecule has 4 heteroatoms. The second-order valence-corrected chi connectivity index (χ2v) is 7.55. The molecule has 4 nitrogen and oxygen atoms in total. The van der Waals surface area contributed by atoms with Gasteiger partial charge in [-0.3, -0.25) is 0 Å². The number of aliphatic hydroxyl groups is 1. The van der Waals surface area contributed by atoms with Gasteiger partial charge in [0.1, 0.15) is 0 Å². The Hall–Kier alpha value is -0.160. The second-order valence-electron chi connectivity index (χ2n) is 7.55. The Morgan fingerprint density at radius 2 is 1.61 bits per heavy atom. The Labute approximate surface area is 140 Å². The topological polar surface area (TPSA) is 47.9 Å². The zero-order valence-corrected chi connectivity index (χ0v) is 14.6. The van der Waals surface area contributed by atoms with Crippen molar-refractivity contribution in [1.82, 2.24) is 0 Å². The predicted molar refractivity (Wildman–Crippen MR) is 89.5 cm³/mol. The summed E-state index contributed by atoms with van der Waals surface area (Å²) < 4.78 is 18.2. The molecule has 3 aliphatic heterocycles. The Bertz CT molecular complexity index is 342. The quantitative estimate of drug-likeness (QED) is 0.693. The van der Waals surface area contributed by atoms with E-state index in [4.69, 9.17) is 14.2 Å². The molecule has 0 saturated carbocycles. The van der Waals surface area contributed by atoms with Gasteiger partial charge in [-0.1, -0.05) is 32.6 Å². The summed E-state index contributed by atoms with van der Waals surface area (Å²) in [7, 11) is 0. The zero-order valence-electron chi connectivity index (χ0n) is 14.6. The number of hydrogen-bond donors (Lipinski definition) is 1. The molecule has 23 heavy (non-hydrogen) atoms. The monoisotopic (exact) mass is 326 g/mol. The molecule has 6 atom stereocenters. The van der Waals surface area contributed by atoms with Gasteiger partial charge in [0.05, 0.1) is 36.6 Å². The average Bonchev–Trinajstić information content (AvgIpc) is 3.31. The van der Waals surface area contributed by atoms with Gasteiger partial charge in [-0.25, -0.2) is 0 Å². The van der Waals surface area contributed by atoms with Crippen LogP contribution >= 0.6 is 0 Å². The molecule has 0 aromatic rings. The lowest BCUT2D eigenvalue weighted by molar-refractivity contribution is -0.111. The lowest BCUT2D eigenvalue weighted by Gasteiger charge is -2.24. The minimum absolute atomic E-state index is 0.0204. The third-order valence-corrected chi connectivity index (χ3v) is 5.75. The van der Waals surface area contributed by atoms with Crippen LogP contribution in [0.25, 0.3) is 0 Å². The summed E-state index contributed by atoms with van der Waals surface area (Å²) in [6.07, 6.45) is 12.9. The molecule has 0 spiro atoms. The van der Waals surface area contributed by atoms with E-state index in [0.717, 1.165) is 51.6 Å². The first-order valence-electron chi connectivity index (χ1n) is 9.88. The minimum Gasteiger partial charge on any atom is -0.390 e. The standard InChI is InChI=1S/C19H34O4/c1-2-3-4-5-7-14(20)15-9-10-18(22-15)19-12-11-17(23-19)16-8-6-13-21-16/h14-20H,2-13H2,1H3/t14-,15+,16+,17-,18-,19+/m0/s1. The van der Waals surface area contributed by atoms with E-state index in [9.17, 15) is 5.11 Å². The van der Waals surface area contributed by atoms with Gasteiger partial charge < -0.3 is 19.3 Å². The van der Waals surface area contributed by atoms with E-state index in [1.807, 2.05) is 0 Å². The molecule has 0 aromatic heterocycles. The summed E-state index contributed by atoms with van der Waals surface area (Å²) in [4.78, 5) is 0. The fourth-order valence-corrected chi connectivity index (χ4v) is 4.34. The molecule has 0 bridgehead atoms. The smallest absolute Gasteiger partial charge is 0.0842 e. The molecule has 0 radical (unpaired) electrons.